The van der Waals surface area contributed by atoms with Gasteiger partial charge in [0.25, 0.3) is 0 Å². The van der Waals surface area contributed by atoms with E-state index in [1.807, 2.05) is 37.4 Å². The molecule has 3 rings (SSSR count). The van der Waals surface area contributed by atoms with Crippen molar-refractivity contribution in [1.82, 2.24) is 4.98 Å². The molecule has 1 aliphatic rings. The van der Waals surface area contributed by atoms with Gasteiger partial charge in [-0.15, -0.1) is 0 Å². The van der Waals surface area contributed by atoms with Crippen molar-refractivity contribution < 1.29 is 4.79 Å². The van der Waals surface area contributed by atoms with Crippen LogP contribution in [-0.4, -0.2) is 17.8 Å². The molecular weight excluding hydrogens is 260 g/mol. The topological polar surface area (TPSA) is 33.2 Å². The summed E-state index contributed by atoms with van der Waals surface area (Å²) in [7, 11) is 1.97. The van der Waals surface area contributed by atoms with E-state index in [2.05, 4.69) is 9.88 Å². The number of nitrogens with zero attached hydrogens (tertiary/aromatic N) is 2. The SMILES string of the molecule is CN1c2ncccc2C(=O)CC1c1ccc(Cl)cc1. The van der Waals surface area contributed by atoms with Crippen molar-refractivity contribution in [2.45, 2.75) is 12.5 Å². The fourth-order valence-corrected chi connectivity index (χ4v) is 2.62. The van der Waals surface area contributed by atoms with Crippen molar-refractivity contribution in [2.24, 2.45) is 0 Å². The Bertz CT molecular complexity index is 624. The van der Waals surface area contributed by atoms with Gasteiger partial charge in [-0.25, -0.2) is 4.98 Å². The molecule has 1 aliphatic heterocycles. The lowest BCUT2D eigenvalue weighted by Gasteiger charge is -2.34. The van der Waals surface area contributed by atoms with Crippen LogP contribution in [0.5, 0.6) is 0 Å². The number of carbonyl (C=O) groups excluding carboxylic acids is 1. The monoisotopic (exact) mass is 272 g/mol. The minimum atomic E-state index is 0.0205. The van der Waals surface area contributed by atoms with Gasteiger partial charge in [0, 0.05) is 24.7 Å². The van der Waals surface area contributed by atoms with Crippen LogP contribution in [0.15, 0.2) is 42.6 Å². The highest BCUT2D eigenvalue weighted by molar-refractivity contribution is 6.30. The van der Waals surface area contributed by atoms with Crippen molar-refractivity contribution >= 4 is 23.2 Å². The number of rotatable bonds is 1. The first kappa shape index (κ1) is 12.2. The van der Waals surface area contributed by atoms with E-state index in [9.17, 15) is 4.79 Å². The summed E-state index contributed by atoms with van der Waals surface area (Å²) >= 11 is 5.90. The van der Waals surface area contributed by atoms with Crippen LogP contribution in [0.3, 0.4) is 0 Å². The minimum Gasteiger partial charge on any atom is -0.352 e. The van der Waals surface area contributed by atoms with Gasteiger partial charge in [-0.2, -0.15) is 0 Å². The first-order valence-electron chi connectivity index (χ1n) is 6.13. The van der Waals surface area contributed by atoms with E-state index < -0.39 is 0 Å². The molecule has 0 saturated heterocycles. The van der Waals surface area contributed by atoms with Crippen molar-refractivity contribution in [3.63, 3.8) is 0 Å². The van der Waals surface area contributed by atoms with Gasteiger partial charge in [0.2, 0.25) is 0 Å². The molecule has 0 aliphatic carbocycles. The molecule has 0 spiro atoms. The summed E-state index contributed by atoms with van der Waals surface area (Å²) in [6.07, 6.45) is 2.18. The Morgan fingerprint density at radius 1 is 1.26 bits per heavy atom. The zero-order valence-electron chi connectivity index (χ0n) is 10.5. The van der Waals surface area contributed by atoms with Crippen LogP contribution in [0, 0.1) is 0 Å². The molecule has 4 heteroatoms. The number of ketones is 1. The quantitative estimate of drug-likeness (QED) is 0.797. The fraction of sp³-hybridized carbons (Fsp3) is 0.200. The van der Waals surface area contributed by atoms with Crippen molar-refractivity contribution in [3.05, 3.63) is 58.7 Å². The Labute approximate surface area is 116 Å². The lowest BCUT2D eigenvalue weighted by Crippen LogP contribution is -2.33. The fourth-order valence-electron chi connectivity index (χ4n) is 2.49. The molecule has 0 saturated carbocycles. The van der Waals surface area contributed by atoms with Gasteiger partial charge in [0.15, 0.2) is 5.78 Å². The molecule has 2 aromatic rings. The van der Waals surface area contributed by atoms with E-state index in [0.717, 1.165) is 11.4 Å². The van der Waals surface area contributed by atoms with Crippen LogP contribution in [-0.2, 0) is 0 Å². The lowest BCUT2D eigenvalue weighted by molar-refractivity contribution is 0.0966. The second-order valence-electron chi connectivity index (χ2n) is 4.68. The smallest absolute Gasteiger partial charge is 0.168 e. The number of hydrogen-bond acceptors (Lipinski definition) is 3. The predicted octanol–water partition coefficient (Wildman–Crippen LogP) is 3.50. The largest absolute Gasteiger partial charge is 0.352 e. The lowest BCUT2D eigenvalue weighted by atomic mass is 9.93. The van der Waals surface area contributed by atoms with Gasteiger partial charge >= 0.3 is 0 Å². The van der Waals surface area contributed by atoms with E-state index in [4.69, 9.17) is 11.6 Å². The second kappa shape index (κ2) is 4.67. The second-order valence-corrected chi connectivity index (χ2v) is 5.12. The third-order valence-corrected chi connectivity index (χ3v) is 3.77. The summed E-state index contributed by atoms with van der Waals surface area (Å²) in [4.78, 5) is 18.6. The highest BCUT2D eigenvalue weighted by atomic mass is 35.5. The first-order valence-corrected chi connectivity index (χ1v) is 6.51. The Kier molecular flexibility index (Phi) is 2.99. The van der Waals surface area contributed by atoms with E-state index in [0.29, 0.717) is 17.0 Å². The highest BCUT2D eigenvalue weighted by Crippen LogP contribution is 2.35. The molecule has 19 heavy (non-hydrogen) atoms. The van der Waals surface area contributed by atoms with E-state index in [-0.39, 0.29) is 11.8 Å². The van der Waals surface area contributed by atoms with Crippen molar-refractivity contribution in [1.29, 1.82) is 0 Å². The van der Waals surface area contributed by atoms with Crippen LogP contribution in [0.25, 0.3) is 0 Å². The summed E-state index contributed by atoms with van der Waals surface area (Å²) in [5, 5.41) is 0.701. The Balaban J connectivity index is 2.02. The first-order chi connectivity index (χ1) is 9.16. The van der Waals surface area contributed by atoms with E-state index >= 15 is 0 Å². The average Bonchev–Trinajstić information content (AvgIpc) is 2.44. The molecule has 0 fully saturated rings. The van der Waals surface area contributed by atoms with Crippen LogP contribution in [0.1, 0.15) is 28.4 Å². The molecule has 96 valence electrons. The normalized spacial score (nSPS) is 18.3. The van der Waals surface area contributed by atoms with Crippen LogP contribution in [0.2, 0.25) is 5.02 Å². The molecule has 1 aromatic carbocycles. The Morgan fingerprint density at radius 2 is 2.00 bits per heavy atom. The van der Waals surface area contributed by atoms with E-state index in [1.54, 1.807) is 12.3 Å². The number of fused-ring (bicyclic) bond motifs is 1. The maximum atomic E-state index is 12.2. The number of anilines is 1. The van der Waals surface area contributed by atoms with Crippen molar-refractivity contribution in [3.8, 4) is 0 Å². The van der Waals surface area contributed by atoms with Crippen LogP contribution < -0.4 is 4.90 Å². The molecule has 1 atom stereocenters. The molecule has 2 heterocycles. The maximum Gasteiger partial charge on any atom is 0.168 e. The van der Waals surface area contributed by atoms with Crippen LogP contribution in [0.4, 0.5) is 5.82 Å². The maximum absolute atomic E-state index is 12.2. The third kappa shape index (κ3) is 2.10. The van der Waals surface area contributed by atoms with Gasteiger partial charge in [0.05, 0.1) is 11.6 Å². The van der Waals surface area contributed by atoms with Gasteiger partial charge in [-0.05, 0) is 29.8 Å². The summed E-state index contributed by atoms with van der Waals surface area (Å²) in [6, 6.07) is 11.3. The molecule has 1 aromatic heterocycles. The predicted molar refractivity (Wildman–Crippen MR) is 75.8 cm³/mol. The van der Waals surface area contributed by atoms with Gasteiger partial charge in [0.1, 0.15) is 5.82 Å². The average molecular weight is 273 g/mol. The van der Waals surface area contributed by atoms with Crippen molar-refractivity contribution in [2.75, 3.05) is 11.9 Å². The summed E-state index contributed by atoms with van der Waals surface area (Å²) in [5.74, 6) is 0.889. The van der Waals surface area contributed by atoms with E-state index in [1.165, 1.54) is 0 Å². The summed E-state index contributed by atoms with van der Waals surface area (Å²) < 4.78 is 0. The number of pyridine rings is 1. The highest BCUT2D eigenvalue weighted by Gasteiger charge is 2.30. The zero-order valence-corrected chi connectivity index (χ0v) is 11.3. The molecular formula is C15H13ClN2O. The number of halogens is 1. The number of benzene rings is 1. The number of aromatic nitrogens is 1. The summed E-state index contributed by atoms with van der Waals surface area (Å²) in [5.41, 5.74) is 1.78. The molecule has 0 amide bonds. The molecule has 0 N–H and O–H groups in total. The molecule has 0 radical (unpaired) electrons. The molecule has 0 bridgehead atoms. The summed E-state index contributed by atoms with van der Waals surface area (Å²) in [6.45, 7) is 0. The Hall–Kier alpha value is -1.87. The zero-order chi connectivity index (χ0) is 13.4. The third-order valence-electron chi connectivity index (χ3n) is 3.52. The van der Waals surface area contributed by atoms with Crippen LogP contribution >= 0.6 is 11.6 Å². The molecule has 1 unspecified atom stereocenters. The minimum absolute atomic E-state index is 0.0205. The number of Topliss-reactive ketones (excluding diaryl/α,β-unsaturated/α-hetero) is 1. The number of carbonyl (C=O) groups is 1. The molecule has 3 nitrogen and oxygen atoms in total. The standard InChI is InChI=1S/C15H13ClN2O/c1-18-13(10-4-6-11(16)7-5-10)9-14(19)12-3-2-8-17-15(12)18/h2-8,13H,9H2,1H3. The Morgan fingerprint density at radius 3 is 2.74 bits per heavy atom. The van der Waals surface area contributed by atoms with Gasteiger partial charge in [-0.1, -0.05) is 23.7 Å². The number of hydrogen-bond donors (Lipinski definition) is 0. The van der Waals surface area contributed by atoms with Gasteiger partial charge < -0.3 is 4.90 Å². The van der Waals surface area contributed by atoms with Gasteiger partial charge in [-0.3, -0.25) is 4.79 Å².